The Morgan fingerprint density at radius 3 is 2.42 bits per heavy atom. The van der Waals surface area contributed by atoms with Crippen LogP contribution in [-0.4, -0.2) is 13.0 Å². The molecule has 0 atom stereocenters. The van der Waals surface area contributed by atoms with Crippen LogP contribution in [0.25, 0.3) is 6.08 Å². The number of halogens is 1. The highest BCUT2D eigenvalue weighted by Gasteiger charge is 2.15. The number of ether oxygens (including phenoxy) is 2. The Labute approximate surface area is 202 Å². The van der Waals surface area contributed by atoms with Gasteiger partial charge in [-0.15, -0.1) is 0 Å². The highest BCUT2D eigenvalue weighted by Crippen LogP contribution is 2.38. The zero-order valence-corrected chi connectivity index (χ0v) is 20.6. The molecule has 33 heavy (non-hydrogen) atoms. The van der Waals surface area contributed by atoms with Crippen molar-refractivity contribution >= 4 is 33.6 Å². The van der Waals surface area contributed by atoms with Crippen LogP contribution in [0.5, 0.6) is 11.5 Å². The van der Waals surface area contributed by atoms with Gasteiger partial charge in [0.1, 0.15) is 18.2 Å². The molecule has 0 unspecified atom stereocenters. The fourth-order valence-electron chi connectivity index (χ4n) is 3.49. The van der Waals surface area contributed by atoms with Crippen molar-refractivity contribution in [1.82, 2.24) is 0 Å². The van der Waals surface area contributed by atoms with Gasteiger partial charge < -0.3 is 14.8 Å². The van der Waals surface area contributed by atoms with Crippen molar-refractivity contribution in [3.05, 3.63) is 92.5 Å². The number of nitrogens with zero attached hydrogens (tertiary/aromatic N) is 1. The number of carbonyl (C=O) groups is 1. The van der Waals surface area contributed by atoms with Crippen molar-refractivity contribution in [3.63, 3.8) is 0 Å². The Bertz CT molecular complexity index is 1240. The number of anilines is 1. The first kappa shape index (κ1) is 24.1. The number of amides is 1. The molecule has 1 N–H and O–H groups in total. The number of rotatable bonds is 7. The van der Waals surface area contributed by atoms with Gasteiger partial charge in [-0.25, -0.2) is 0 Å². The lowest BCUT2D eigenvalue weighted by Crippen LogP contribution is -2.14. The topological polar surface area (TPSA) is 71.3 Å². The number of carbonyl (C=O) groups excluding carboxylic acids is 1. The van der Waals surface area contributed by atoms with E-state index in [-0.39, 0.29) is 5.57 Å². The largest absolute Gasteiger partial charge is 0.493 e. The first-order valence-electron chi connectivity index (χ1n) is 10.4. The monoisotopic (exact) mass is 504 g/mol. The maximum absolute atomic E-state index is 12.7. The summed E-state index contributed by atoms with van der Waals surface area (Å²) >= 11 is 3.54. The zero-order chi connectivity index (χ0) is 24.0. The van der Waals surface area contributed by atoms with Gasteiger partial charge in [-0.1, -0.05) is 47.5 Å². The number of benzene rings is 3. The second kappa shape index (κ2) is 10.8. The molecule has 0 heterocycles. The fourth-order valence-corrected chi connectivity index (χ4v) is 4.06. The lowest BCUT2D eigenvalue weighted by molar-refractivity contribution is -0.112. The predicted octanol–water partition coefficient (Wildman–Crippen LogP) is 6.51. The van der Waals surface area contributed by atoms with Crippen LogP contribution in [0.15, 0.2) is 64.6 Å². The second-order valence-corrected chi connectivity index (χ2v) is 8.61. The standard InChI is InChI=1S/C27H25BrN2O3/c1-17-9-18(2)11-21(10-17)16-33-26-23(28)13-20(14-25(26)32-4)12-22(15-29)27(31)30-24-8-6-5-7-19(24)3/h5-14H,16H2,1-4H3,(H,30,31)/b22-12+. The molecule has 3 aromatic carbocycles. The van der Waals surface area contributed by atoms with Crippen LogP contribution < -0.4 is 14.8 Å². The van der Waals surface area contributed by atoms with E-state index in [0.29, 0.717) is 33.8 Å². The number of hydrogen-bond donors (Lipinski definition) is 1. The highest BCUT2D eigenvalue weighted by molar-refractivity contribution is 9.10. The smallest absolute Gasteiger partial charge is 0.266 e. The van der Waals surface area contributed by atoms with Gasteiger partial charge in [-0.05, 0) is 77.7 Å². The highest BCUT2D eigenvalue weighted by atomic mass is 79.9. The first-order valence-corrected chi connectivity index (χ1v) is 11.2. The van der Waals surface area contributed by atoms with Crippen molar-refractivity contribution in [2.24, 2.45) is 0 Å². The number of para-hydroxylation sites is 1. The molecule has 0 fully saturated rings. The molecule has 0 aromatic heterocycles. The van der Waals surface area contributed by atoms with Gasteiger partial charge in [0.2, 0.25) is 0 Å². The molecule has 3 aromatic rings. The molecule has 5 nitrogen and oxygen atoms in total. The van der Waals surface area contributed by atoms with E-state index in [1.165, 1.54) is 17.2 Å². The Hall–Kier alpha value is -3.56. The molecule has 168 valence electrons. The molecule has 0 saturated carbocycles. The minimum absolute atomic E-state index is 0.0175. The summed E-state index contributed by atoms with van der Waals surface area (Å²) in [5.74, 6) is 0.574. The van der Waals surface area contributed by atoms with Gasteiger partial charge in [0.05, 0.1) is 11.6 Å². The summed E-state index contributed by atoms with van der Waals surface area (Å²) in [5, 5.41) is 12.3. The zero-order valence-electron chi connectivity index (χ0n) is 19.0. The van der Waals surface area contributed by atoms with Gasteiger partial charge >= 0.3 is 0 Å². The molecular weight excluding hydrogens is 480 g/mol. The lowest BCUT2D eigenvalue weighted by atomic mass is 10.1. The molecule has 0 aliphatic carbocycles. The molecule has 0 spiro atoms. The number of nitrogens with one attached hydrogen (secondary N) is 1. The minimum Gasteiger partial charge on any atom is -0.493 e. The third kappa shape index (κ3) is 6.24. The molecule has 0 saturated heterocycles. The number of methoxy groups -OCH3 is 1. The summed E-state index contributed by atoms with van der Waals surface area (Å²) in [6.45, 7) is 6.38. The van der Waals surface area contributed by atoms with E-state index in [9.17, 15) is 10.1 Å². The second-order valence-electron chi connectivity index (χ2n) is 7.76. The van der Waals surface area contributed by atoms with Gasteiger partial charge in [-0.2, -0.15) is 5.26 Å². The quantitative estimate of drug-likeness (QED) is 0.294. The predicted molar refractivity (Wildman–Crippen MR) is 134 cm³/mol. The SMILES string of the molecule is COc1cc(/C=C(\C#N)C(=O)Nc2ccccc2C)cc(Br)c1OCc1cc(C)cc(C)c1. The average molecular weight is 505 g/mol. The molecule has 0 radical (unpaired) electrons. The van der Waals surface area contributed by atoms with Crippen LogP contribution in [0.3, 0.4) is 0 Å². The Balaban J connectivity index is 1.84. The fraction of sp³-hybridized carbons (Fsp3) is 0.185. The first-order chi connectivity index (χ1) is 15.8. The molecule has 0 aliphatic heterocycles. The van der Waals surface area contributed by atoms with Crippen LogP contribution in [0.2, 0.25) is 0 Å². The van der Waals surface area contributed by atoms with Gasteiger partial charge in [0.25, 0.3) is 5.91 Å². The molecular formula is C27H25BrN2O3. The third-order valence-corrected chi connectivity index (χ3v) is 5.57. The maximum atomic E-state index is 12.7. The molecule has 1 amide bonds. The van der Waals surface area contributed by atoms with Crippen LogP contribution in [0.4, 0.5) is 5.69 Å². The maximum Gasteiger partial charge on any atom is 0.266 e. The van der Waals surface area contributed by atoms with E-state index in [2.05, 4.69) is 53.3 Å². The van der Waals surface area contributed by atoms with E-state index >= 15 is 0 Å². The van der Waals surface area contributed by atoms with Crippen LogP contribution >= 0.6 is 15.9 Å². The van der Waals surface area contributed by atoms with Crippen molar-refractivity contribution in [2.45, 2.75) is 27.4 Å². The van der Waals surface area contributed by atoms with Crippen LogP contribution in [-0.2, 0) is 11.4 Å². The van der Waals surface area contributed by atoms with Crippen molar-refractivity contribution in [2.75, 3.05) is 12.4 Å². The number of aryl methyl sites for hydroxylation is 3. The van der Waals surface area contributed by atoms with Crippen molar-refractivity contribution < 1.29 is 14.3 Å². The molecule has 3 rings (SSSR count). The summed E-state index contributed by atoms with van der Waals surface area (Å²) < 4.78 is 12.2. The summed E-state index contributed by atoms with van der Waals surface area (Å²) in [6.07, 6.45) is 1.52. The minimum atomic E-state index is -0.475. The normalized spacial score (nSPS) is 11.0. The van der Waals surface area contributed by atoms with E-state index in [1.807, 2.05) is 31.2 Å². The van der Waals surface area contributed by atoms with E-state index in [1.54, 1.807) is 25.3 Å². The lowest BCUT2D eigenvalue weighted by Gasteiger charge is -2.14. The summed E-state index contributed by atoms with van der Waals surface area (Å²) in [7, 11) is 1.55. The number of hydrogen-bond acceptors (Lipinski definition) is 4. The van der Waals surface area contributed by atoms with E-state index < -0.39 is 5.91 Å². The van der Waals surface area contributed by atoms with Gasteiger partial charge in [0.15, 0.2) is 11.5 Å². The summed E-state index contributed by atoms with van der Waals surface area (Å²) in [4.78, 5) is 12.7. The average Bonchev–Trinajstić information content (AvgIpc) is 2.77. The molecule has 0 aliphatic rings. The van der Waals surface area contributed by atoms with Crippen LogP contribution in [0.1, 0.15) is 27.8 Å². The number of nitriles is 1. The Kier molecular flexibility index (Phi) is 7.92. The summed E-state index contributed by atoms with van der Waals surface area (Å²) in [6, 6.07) is 19.2. The Morgan fingerprint density at radius 1 is 1.09 bits per heavy atom. The van der Waals surface area contributed by atoms with E-state index in [4.69, 9.17) is 9.47 Å². The third-order valence-electron chi connectivity index (χ3n) is 4.99. The van der Waals surface area contributed by atoms with Crippen molar-refractivity contribution in [1.29, 1.82) is 5.26 Å². The van der Waals surface area contributed by atoms with Crippen molar-refractivity contribution in [3.8, 4) is 17.6 Å². The molecule has 0 bridgehead atoms. The van der Waals surface area contributed by atoms with E-state index in [0.717, 1.165) is 11.1 Å². The molecule has 6 heteroatoms. The summed E-state index contributed by atoms with van der Waals surface area (Å²) in [5.41, 5.74) is 5.60. The Morgan fingerprint density at radius 2 is 1.79 bits per heavy atom. The van der Waals surface area contributed by atoms with Crippen LogP contribution in [0, 0.1) is 32.1 Å². The van der Waals surface area contributed by atoms with Gasteiger partial charge in [-0.3, -0.25) is 4.79 Å². The van der Waals surface area contributed by atoms with Gasteiger partial charge in [0, 0.05) is 5.69 Å².